The Morgan fingerprint density at radius 3 is 2.29 bits per heavy atom. The van der Waals surface area contributed by atoms with Gasteiger partial charge in [0.2, 0.25) is 0 Å². The number of rotatable bonds is 2. The van der Waals surface area contributed by atoms with Crippen LogP contribution in [0.3, 0.4) is 0 Å². The number of aryl methyl sites for hydroxylation is 3. The Kier molecular flexibility index (Phi) is 3.25. The summed E-state index contributed by atoms with van der Waals surface area (Å²) in [5.74, 6) is 0. The Morgan fingerprint density at radius 1 is 0.941 bits per heavy atom. The summed E-state index contributed by atoms with van der Waals surface area (Å²) >= 11 is 0. The second-order valence-electron chi connectivity index (χ2n) is 4.46. The molecule has 1 aromatic carbocycles. The first-order valence-corrected chi connectivity index (χ1v) is 5.85. The molecule has 0 saturated heterocycles. The lowest BCUT2D eigenvalue weighted by Crippen LogP contribution is -2.15. The van der Waals surface area contributed by atoms with Gasteiger partial charge in [-0.1, -0.05) is 30.3 Å². The van der Waals surface area contributed by atoms with E-state index in [1.54, 1.807) is 0 Å². The van der Waals surface area contributed by atoms with Gasteiger partial charge in [-0.2, -0.15) is 0 Å². The second kappa shape index (κ2) is 4.68. The molecule has 0 bridgehead atoms. The molecular weight excluding hydrogens is 208 g/mol. The first-order valence-electron chi connectivity index (χ1n) is 5.85. The van der Waals surface area contributed by atoms with Crippen LogP contribution < -0.4 is 5.73 Å². The monoisotopic (exact) mass is 226 g/mol. The van der Waals surface area contributed by atoms with E-state index in [1.807, 2.05) is 32.0 Å². The fourth-order valence-corrected chi connectivity index (χ4v) is 2.13. The highest BCUT2D eigenvalue weighted by Gasteiger charge is 2.13. The number of hydrogen-bond donors (Lipinski definition) is 1. The first kappa shape index (κ1) is 11.8. The lowest BCUT2D eigenvalue weighted by Gasteiger charge is -2.17. The first-order chi connectivity index (χ1) is 8.09. The molecule has 17 heavy (non-hydrogen) atoms. The lowest BCUT2D eigenvalue weighted by atomic mass is 9.95. The topological polar surface area (TPSA) is 38.9 Å². The van der Waals surface area contributed by atoms with Gasteiger partial charge in [0.15, 0.2) is 0 Å². The SMILES string of the molecule is Cc1ccc(C(N)c2ccccc2C)c(C)n1. The van der Waals surface area contributed by atoms with E-state index in [9.17, 15) is 0 Å². The molecule has 1 aromatic heterocycles. The predicted molar refractivity (Wildman–Crippen MR) is 70.9 cm³/mol. The number of hydrogen-bond acceptors (Lipinski definition) is 2. The quantitative estimate of drug-likeness (QED) is 0.854. The van der Waals surface area contributed by atoms with Crippen LogP contribution in [0.2, 0.25) is 0 Å². The molecule has 2 nitrogen and oxygen atoms in total. The fourth-order valence-electron chi connectivity index (χ4n) is 2.13. The Labute approximate surface area is 103 Å². The normalized spacial score (nSPS) is 12.5. The van der Waals surface area contributed by atoms with E-state index >= 15 is 0 Å². The zero-order chi connectivity index (χ0) is 12.4. The highest BCUT2D eigenvalue weighted by molar-refractivity contribution is 5.38. The molecule has 0 spiro atoms. The summed E-state index contributed by atoms with van der Waals surface area (Å²) in [6.07, 6.45) is 0. The van der Waals surface area contributed by atoms with E-state index in [0.29, 0.717) is 0 Å². The summed E-state index contributed by atoms with van der Waals surface area (Å²) in [7, 11) is 0. The highest BCUT2D eigenvalue weighted by atomic mass is 14.7. The van der Waals surface area contributed by atoms with Crippen molar-refractivity contribution in [2.45, 2.75) is 26.8 Å². The lowest BCUT2D eigenvalue weighted by molar-refractivity contribution is 0.836. The minimum absolute atomic E-state index is 0.0932. The molecule has 0 aliphatic heterocycles. The van der Waals surface area contributed by atoms with E-state index in [4.69, 9.17) is 5.73 Å². The van der Waals surface area contributed by atoms with Crippen LogP contribution in [0.15, 0.2) is 36.4 Å². The summed E-state index contributed by atoms with van der Waals surface area (Å²) in [6.45, 7) is 6.10. The van der Waals surface area contributed by atoms with Gasteiger partial charge in [0.05, 0.1) is 6.04 Å². The Bertz CT molecular complexity index is 532. The summed E-state index contributed by atoms with van der Waals surface area (Å²) in [5.41, 5.74) is 11.9. The molecule has 0 radical (unpaired) electrons. The van der Waals surface area contributed by atoms with Gasteiger partial charge in [0.25, 0.3) is 0 Å². The number of benzene rings is 1. The van der Waals surface area contributed by atoms with Gasteiger partial charge in [-0.3, -0.25) is 4.98 Å². The van der Waals surface area contributed by atoms with Crippen LogP contribution in [-0.4, -0.2) is 4.98 Å². The molecular formula is C15H18N2. The molecule has 0 amide bonds. The van der Waals surface area contributed by atoms with Crippen molar-refractivity contribution in [3.05, 3.63) is 64.5 Å². The predicted octanol–water partition coefficient (Wildman–Crippen LogP) is 3.05. The Hall–Kier alpha value is -1.67. The maximum Gasteiger partial charge on any atom is 0.0572 e. The molecule has 0 fully saturated rings. The van der Waals surface area contributed by atoms with Gasteiger partial charge >= 0.3 is 0 Å². The molecule has 1 heterocycles. The van der Waals surface area contributed by atoms with Crippen molar-refractivity contribution in [3.8, 4) is 0 Å². The van der Waals surface area contributed by atoms with E-state index in [2.05, 4.69) is 30.1 Å². The molecule has 2 rings (SSSR count). The van der Waals surface area contributed by atoms with Gasteiger partial charge in [-0.25, -0.2) is 0 Å². The van der Waals surface area contributed by atoms with Crippen LogP contribution in [0.1, 0.15) is 34.1 Å². The third-order valence-corrected chi connectivity index (χ3v) is 3.12. The highest BCUT2D eigenvalue weighted by Crippen LogP contribution is 2.24. The summed E-state index contributed by atoms with van der Waals surface area (Å²) in [5, 5.41) is 0. The van der Waals surface area contributed by atoms with Crippen molar-refractivity contribution in [3.63, 3.8) is 0 Å². The van der Waals surface area contributed by atoms with Gasteiger partial charge in [0.1, 0.15) is 0 Å². The minimum Gasteiger partial charge on any atom is -0.320 e. The fraction of sp³-hybridized carbons (Fsp3) is 0.267. The zero-order valence-electron chi connectivity index (χ0n) is 10.6. The second-order valence-corrected chi connectivity index (χ2v) is 4.46. The molecule has 0 aliphatic carbocycles. The maximum absolute atomic E-state index is 6.33. The molecule has 2 N–H and O–H groups in total. The third-order valence-electron chi connectivity index (χ3n) is 3.12. The number of pyridine rings is 1. The van der Waals surface area contributed by atoms with E-state index < -0.39 is 0 Å². The average Bonchev–Trinajstić information content (AvgIpc) is 2.29. The van der Waals surface area contributed by atoms with Crippen molar-refractivity contribution in [1.82, 2.24) is 4.98 Å². The van der Waals surface area contributed by atoms with Crippen molar-refractivity contribution in [1.29, 1.82) is 0 Å². The molecule has 0 saturated carbocycles. The van der Waals surface area contributed by atoms with Crippen molar-refractivity contribution < 1.29 is 0 Å². The zero-order valence-corrected chi connectivity index (χ0v) is 10.6. The van der Waals surface area contributed by atoms with Crippen LogP contribution in [-0.2, 0) is 0 Å². The van der Waals surface area contributed by atoms with Crippen LogP contribution in [0.4, 0.5) is 0 Å². The van der Waals surface area contributed by atoms with E-state index in [-0.39, 0.29) is 6.04 Å². The summed E-state index contributed by atoms with van der Waals surface area (Å²) < 4.78 is 0. The molecule has 1 unspecified atom stereocenters. The Balaban J connectivity index is 2.44. The molecule has 88 valence electrons. The van der Waals surface area contributed by atoms with E-state index in [1.165, 1.54) is 11.1 Å². The summed E-state index contributed by atoms with van der Waals surface area (Å²) in [4.78, 5) is 4.47. The van der Waals surface area contributed by atoms with Crippen molar-refractivity contribution >= 4 is 0 Å². The van der Waals surface area contributed by atoms with Crippen molar-refractivity contribution in [2.75, 3.05) is 0 Å². The maximum atomic E-state index is 6.33. The number of nitrogens with zero attached hydrogens (tertiary/aromatic N) is 1. The van der Waals surface area contributed by atoms with Crippen LogP contribution in [0.25, 0.3) is 0 Å². The molecule has 2 aromatic rings. The van der Waals surface area contributed by atoms with Crippen LogP contribution in [0.5, 0.6) is 0 Å². The summed E-state index contributed by atoms with van der Waals surface area (Å²) in [6, 6.07) is 12.2. The van der Waals surface area contributed by atoms with Gasteiger partial charge in [-0.05, 0) is 43.5 Å². The van der Waals surface area contributed by atoms with Gasteiger partial charge < -0.3 is 5.73 Å². The van der Waals surface area contributed by atoms with E-state index in [0.717, 1.165) is 17.0 Å². The van der Waals surface area contributed by atoms with Crippen LogP contribution >= 0.6 is 0 Å². The van der Waals surface area contributed by atoms with Gasteiger partial charge in [0, 0.05) is 11.4 Å². The van der Waals surface area contributed by atoms with Crippen LogP contribution in [0, 0.1) is 20.8 Å². The Morgan fingerprint density at radius 2 is 1.65 bits per heavy atom. The van der Waals surface area contributed by atoms with Gasteiger partial charge in [-0.15, -0.1) is 0 Å². The average molecular weight is 226 g/mol. The smallest absolute Gasteiger partial charge is 0.0572 e. The standard InChI is InChI=1S/C15H18N2/c1-10-6-4-5-7-13(10)15(16)14-9-8-11(2)17-12(14)3/h4-9,15H,16H2,1-3H3. The third kappa shape index (κ3) is 2.37. The van der Waals surface area contributed by atoms with Crippen molar-refractivity contribution in [2.24, 2.45) is 5.73 Å². The number of nitrogens with two attached hydrogens (primary N) is 1. The largest absolute Gasteiger partial charge is 0.320 e. The molecule has 2 heteroatoms. The molecule has 0 aliphatic rings. The molecule has 1 atom stereocenters. The minimum atomic E-state index is -0.0932. The number of aromatic nitrogens is 1.